The molecule has 6 heteroatoms. The third-order valence-electron chi connectivity index (χ3n) is 4.22. The van der Waals surface area contributed by atoms with E-state index in [1.165, 1.54) is 12.1 Å². The summed E-state index contributed by atoms with van der Waals surface area (Å²) in [6, 6.07) is 13.6. The average Bonchev–Trinajstić information content (AvgIpc) is 2.65. The molecule has 0 aromatic heterocycles. The Balaban J connectivity index is 1.86. The summed E-state index contributed by atoms with van der Waals surface area (Å²) in [6.07, 6.45) is -0.838. The van der Waals surface area contributed by atoms with Crippen LogP contribution in [0.25, 0.3) is 0 Å². The van der Waals surface area contributed by atoms with Crippen LogP contribution < -0.4 is 10.6 Å². The normalized spacial score (nSPS) is 12.0. The van der Waals surface area contributed by atoms with Crippen molar-refractivity contribution in [3.63, 3.8) is 0 Å². The number of hydrogen-bond acceptors (Lipinski definition) is 4. The summed E-state index contributed by atoms with van der Waals surface area (Å²) in [5, 5.41) is 24.8. The molecule has 2 aromatic rings. The molecule has 2 aromatic carbocycles. The lowest BCUT2D eigenvalue weighted by atomic mass is 10.1. The lowest BCUT2D eigenvalue weighted by Crippen LogP contribution is -2.32. The van der Waals surface area contributed by atoms with Crippen molar-refractivity contribution in [2.75, 3.05) is 25.0 Å². The lowest BCUT2D eigenvalue weighted by Gasteiger charge is -2.18. The van der Waals surface area contributed by atoms with Gasteiger partial charge in [-0.25, -0.2) is 4.79 Å². The summed E-state index contributed by atoms with van der Waals surface area (Å²) in [5.74, 6) is 0.135. The van der Waals surface area contributed by atoms with Gasteiger partial charge < -0.3 is 20.8 Å². The van der Waals surface area contributed by atoms with Gasteiger partial charge in [0.2, 0.25) is 0 Å². The number of aliphatic hydroxyl groups is 1. The van der Waals surface area contributed by atoms with E-state index in [9.17, 15) is 15.0 Å². The van der Waals surface area contributed by atoms with Gasteiger partial charge in [-0.1, -0.05) is 38.1 Å². The Morgan fingerprint density at radius 1 is 1.12 bits per heavy atom. The Morgan fingerprint density at radius 2 is 1.81 bits per heavy atom. The van der Waals surface area contributed by atoms with E-state index in [4.69, 9.17) is 0 Å². The van der Waals surface area contributed by atoms with Gasteiger partial charge in [-0.3, -0.25) is 4.90 Å². The third-order valence-corrected chi connectivity index (χ3v) is 4.22. The van der Waals surface area contributed by atoms with Crippen molar-refractivity contribution in [2.24, 2.45) is 0 Å². The smallest absolute Gasteiger partial charge is 0.319 e. The van der Waals surface area contributed by atoms with Gasteiger partial charge in [0.1, 0.15) is 5.75 Å². The summed E-state index contributed by atoms with van der Waals surface area (Å²) in [5.41, 5.74) is 2.48. The highest BCUT2D eigenvalue weighted by atomic mass is 16.3. The Kier molecular flexibility index (Phi) is 7.44. The number of benzene rings is 2. The minimum absolute atomic E-state index is 0.0791. The number of nitrogens with zero attached hydrogens (tertiary/aromatic N) is 1. The maximum atomic E-state index is 12.1. The zero-order valence-electron chi connectivity index (χ0n) is 15.3. The standard InChI is InChI=1S/C20H27N3O3/c1-3-23(4-2)14-15-6-5-7-17(12-15)22-20(26)21-13-19(25)16-8-10-18(24)11-9-16/h5-12,19,24-25H,3-4,13-14H2,1-2H3,(H2,21,22,26)/t19-/m0/s1. The first-order chi connectivity index (χ1) is 12.5. The molecule has 0 spiro atoms. The highest BCUT2D eigenvalue weighted by molar-refractivity contribution is 5.89. The quantitative estimate of drug-likeness (QED) is 0.585. The third kappa shape index (κ3) is 6.06. The number of aromatic hydroxyl groups is 1. The van der Waals surface area contributed by atoms with Crippen molar-refractivity contribution in [2.45, 2.75) is 26.5 Å². The summed E-state index contributed by atoms with van der Waals surface area (Å²) in [7, 11) is 0. The highest BCUT2D eigenvalue weighted by Crippen LogP contribution is 2.16. The Morgan fingerprint density at radius 3 is 2.46 bits per heavy atom. The fourth-order valence-electron chi connectivity index (χ4n) is 2.63. The predicted octanol–water partition coefficient (Wildman–Crippen LogP) is 3.09. The van der Waals surface area contributed by atoms with Gasteiger partial charge in [-0.2, -0.15) is 0 Å². The van der Waals surface area contributed by atoms with Crippen LogP contribution in [0.3, 0.4) is 0 Å². The Hall–Kier alpha value is -2.57. The Labute approximate surface area is 154 Å². The first kappa shape index (κ1) is 19.8. The average molecular weight is 357 g/mol. The van der Waals surface area contributed by atoms with Crippen LogP contribution >= 0.6 is 0 Å². The summed E-state index contributed by atoms with van der Waals surface area (Å²) in [4.78, 5) is 14.4. The van der Waals surface area contributed by atoms with E-state index in [0.717, 1.165) is 25.2 Å². The van der Waals surface area contributed by atoms with Crippen LogP contribution in [0.4, 0.5) is 10.5 Å². The van der Waals surface area contributed by atoms with E-state index in [2.05, 4.69) is 29.4 Å². The minimum atomic E-state index is -0.838. The van der Waals surface area contributed by atoms with Gasteiger partial charge in [0, 0.05) is 18.8 Å². The van der Waals surface area contributed by atoms with Crippen LogP contribution in [0.2, 0.25) is 0 Å². The number of phenolic OH excluding ortho intramolecular Hbond substituents is 1. The molecule has 0 bridgehead atoms. The van der Waals surface area contributed by atoms with Crippen LogP contribution in [0.15, 0.2) is 48.5 Å². The number of rotatable bonds is 8. The molecule has 140 valence electrons. The van der Waals surface area contributed by atoms with Crippen molar-refractivity contribution in [1.82, 2.24) is 10.2 Å². The second kappa shape index (κ2) is 9.79. The van der Waals surface area contributed by atoms with Crippen molar-refractivity contribution in [1.29, 1.82) is 0 Å². The fraction of sp³-hybridized carbons (Fsp3) is 0.350. The van der Waals surface area contributed by atoms with Crippen LogP contribution in [0, 0.1) is 0 Å². The SMILES string of the molecule is CCN(CC)Cc1cccc(NC(=O)NC[C@H](O)c2ccc(O)cc2)c1. The number of hydrogen-bond donors (Lipinski definition) is 4. The summed E-state index contributed by atoms with van der Waals surface area (Å²) >= 11 is 0. The van der Waals surface area contributed by atoms with Gasteiger partial charge in [0.15, 0.2) is 0 Å². The zero-order valence-corrected chi connectivity index (χ0v) is 15.3. The maximum Gasteiger partial charge on any atom is 0.319 e. The largest absolute Gasteiger partial charge is 0.508 e. The maximum absolute atomic E-state index is 12.1. The fourth-order valence-corrected chi connectivity index (χ4v) is 2.63. The number of amides is 2. The molecule has 0 unspecified atom stereocenters. The molecule has 4 N–H and O–H groups in total. The summed E-state index contributed by atoms with van der Waals surface area (Å²) in [6.45, 7) is 7.12. The lowest BCUT2D eigenvalue weighted by molar-refractivity contribution is 0.175. The summed E-state index contributed by atoms with van der Waals surface area (Å²) < 4.78 is 0. The van der Waals surface area contributed by atoms with E-state index >= 15 is 0 Å². The predicted molar refractivity (Wildman–Crippen MR) is 103 cm³/mol. The minimum Gasteiger partial charge on any atom is -0.508 e. The van der Waals surface area contributed by atoms with Crippen molar-refractivity contribution >= 4 is 11.7 Å². The Bertz CT molecular complexity index is 700. The first-order valence-electron chi connectivity index (χ1n) is 8.85. The van der Waals surface area contributed by atoms with E-state index in [-0.39, 0.29) is 18.3 Å². The molecule has 26 heavy (non-hydrogen) atoms. The van der Waals surface area contributed by atoms with Crippen LogP contribution in [-0.2, 0) is 6.54 Å². The molecule has 6 nitrogen and oxygen atoms in total. The molecule has 0 radical (unpaired) electrons. The van der Waals surface area contributed by atoms with E-state index in [1.54, 1.807) is 12.1 Å². The van der Waals surface area contributed by atoms with E-state index in [0.29, 0.717) is 11.3 Å². The first-order valence-corrected chi connectivity index (χ1v) is 8.85. The molecular weight excluding hydrogens is 330 g/mol. The number of carbonyl (C=O) groups excluding carboxylic acids is 1. The van der Waals surface area contributed by atoms with E-state index < -0.39 is 6.10 Å². The monoisotopic (exact) mass is 357 g/mol. The van der Waals surface area contributed by atoms with Crippen LogP contribution in [0.1, 0.15) is 31.1 Å². The van der Waals surface area contributed by atoms with Crippen molar-refractivity contribution in [3.05, 3.63) is 59.7 Å². The number of urea groups is 1. The number of carbonyl (C=O) groups is 1. The zero-order chi connectivity index (χ0) is 18.9. The second-order valence-electron chi connectivity index (χ2n) is 6.10. The van der Waals surface area contributed by atoms with E-state index in [1.807, 2.05) is 24.3 Å². The van der Waals surface area contributed by atoms with Crippen molar-refractivity contribution in [3.8, 4) is 5.75 Å². The molecule has 0 aliphatic heterocycles. The van der Waals surface area contributed by atoms with Gasteiger partial charge in [0.05, 0.1) is 6.10 Å². The number of nitrogens with one attached hydrogen (secondary N) is 2. The van der Waals surface area contributed by atoms with Gasteiger partial charge in [-0.15, -0.1) is 0 Å². The molecule has 2 rings (SSSR count). The molecule has 0 saturated heterocycles. The second-order valence-corrected chi connectivity index (χ2v) is 6.10. The van der Waals surface area contributed by atoms with Crippen molar-refractivity contribution < 1.29 is 15.0 Å². The molecule has 2 amide bonds. The molecule has 0 aliphatic carbocycles. The molecular formula is C20H27N3O3. The molecule has 0 fully saturated rings. The van der Waals surface area contributed by atoms with Gasteiger partial charge >= 0.3 is 6.03 Å². The number of phenols is 1. The molecule has 1 atom stereocenters. The van der Waals surface area contributed by atoms with Gasteiger partial charge in [-0.05, 0) is 48.5 Å². The number of anilines is 1. The van der Waals surface area contributed by atoms with Crippen LogP contribution in [-0.4, -0.2) is 40.8 Å². The molecule has 0 heterocycles. The van der Waals surface area contributed by atoms with Crippen LogP contribution in [0.5, 0.6) is 5.75 Å². The topological polar surface area (TPSA) is 84.8 Å². The molecule has 0 aliphatic rings. The highest BCUT2D eigenvalue weighted by Gasteiger charge is 2.10. The van der Waals surface area contributed by atoms with Gasteiger partial charge in [0.25, 0.3) is 0 Å². The molecule has 0 saturated carbocycles. The number of aliphatic hydroxyl groups excluding tert-OH is 1.